The summed E-state index contributed by atoms with van der Waals surface area (Å²) in [6.07, 6.45) is 0. The second-order valence-electron chi connectivity index (χ2n) is 8.98. The Balaban J connectivity index is 0.000000211. The first kappa shape index (κ1) is 19.4. The molecular weight excluding hydrogens is 303 g/mol. The average molecular weight is 340 g/mol. The zero-order valence-corrected chi connectivity index (χ0v) is 19.2. The zero-order chi connectivity index (χ0) is 16.7. The molecule has 0 aromatic carbocycles. The van der Waals surface area contributed by atoms with E-state index in [9.17, 15) is 0 Å². The van der Waals surface area contributed by atoms with Crippen LogP contribution in [-0.2, 0) is 0 Å². The molecule has 1 aliphatic carbocycles. The Bertz CT molecular complexity index is 419. The Kier molecular flexibility index (Phi) is 5.96. The maximum absolute atomic E-state index is 2.53. The van der Waals surface area contributed by atoms with Gasteiger partial charge in [-0.15, -0.1) is 8.58 Å². The molecule has 0 amide bonds. The Hall–Kier alpha value is 0.344. The van der Waals surface area contributed by atoms with Crippen LogP contribution in [0.25, 0.3) is 0 Å². The summed E-state index contributed by atoms with van der Waals surface area (Å²) in [5, 5.41) is 2.41. The second-order valence-corrected chi connectivity index (χ2v) is 22.4. The summed E-state index contributed by atoms with van der Waals surface area (Å²) in [4.78, 5) is 0. The van der Waals surface area contributed by atoms with Crippen LogP contribution in [0.1, 0.15) is 34.6 Å². The maximum Gasteiger partial charge on any atom is 0.0520 e. The Labute approximate surface area is 137 Å². The minimum atomic E-state index is -0.749. The lowest BCUT2D eigenvalue weighted by Crippen LogP contribution is -2.38. The van der Waals surface area contributed by atoms with Crippen molar-refractivity contribution < 1.29 is 0 Å². The smallest absolute Gasteiger partial charge is 0.0520 e. The van der Waals surface area contributed by atoms with E-state index in [1.54, 1.807) is 0 Å². The predicted molar refractivity (Wildman–Crippen MR) is 108 cm³/mol. The van der Waals surface area contributed by atoms with Crippen molar-refractivity contribution in [1.82, 2.24) is 0 Å². The van der Waals surface area contributed by atoms with Crippen LogP contribution in [0.5, 0.6) is 0 Å². The molecule has 2 aliphatic rings. The fourth-order valence-corrected chi connectivity index (χ4v) is 16.9. The molecule has 0 bridgehead atoms. The van der Waals surface area contributed by atoms with Gasteiger partial charge >= 0.3 is 0 Å². The summed E-state index contributed by atoms with van der Waals surface area (Å²) < 4.78 is 0. The minimum absolute atomic E-state index is 0.749. The highest BCUT2D eigenvalue weighted by molar-refractivity contribution is 7.58. The van der Waals surface area contributed by atoms with Crippen molar-refractivity contribution in [2.24, 2.45) is 0 Å². The molecule has 3 atom stereocenters. The molecule has 0 aromatic rings. The molecule has 0 saturated carbocycles. The molecule has 1 saturated heterocycles. The standard InChI is InChI=1S/C10H15.C8H21PSi2/c1-6-7(2)9(4)10(5)8(6)3;1-10(2,3)7-8(9-7)11(4,5)6/h1-5H3;7-9H,1-6H3/t;7-,8+. The summed E-state index contributed by atoms with van der Waals surface area (Å²) in [6.45, 7) is 26.2. The van der Waals surface area contributed by atoms with Gasteiger partial charge in [0.1, 0.15) is 0 Å². The average Bonchev–Trinajstić information content (AvgIpc) is 3.11. The summed E-state index contributed by atoms with van der Waals surface area (Å²) in [6, 6.07) is 0. The van der Waals surface area contributed by atoms with Crippen LogP contribution >= 0.6 is 8.58 Å². The van der Waals surface area contributed by atoms with E-state index < -0.39 is 16.1 Å². The SMILES string of the molecule is C[C]1C(C)=C(C)C(C)=C1C.C[Si](C)(C)[C@@H]1P[C@@H]1[Si](C)(C)C. The van der Waals surface area contributed by atoms with Gasteiger partial charge in [0.25, 0.3) is 0 Å². The Morgan fingerprint density at radius 3 is 0.952 bits per heavy atom. The van der Waals surface area contributed by atoms with Gasteiger partial charge < -0.3 is 0 Å². The van der Waals surface area contributed by atoms with Crippen molar-refractivity contribution >= 4 is 24.7 Å². The van der Waals surface area contributed by atoms with Gasteiger partial charge in [-0.3, -0.25) is 0 Å². The van der Waals surface area contributed by atoms with E-state index in [4.69, 9.17) is 0 Å². The molecule has 2 rings (SSSR count). The molecule has 1 aliphatic heterocycles. The second kappa shape index (κ2) is 6.45. The molecule has 0 aromatic heterocycles. The lowest BCUT2D eigenvalue weighted by Gasteiger charge is -2.20. The van der Waals surface area contributed by atoms with Gasteiger partial charge in [0, 0.05) is 5.92 Å². The third-order valence-electron chi connectivity index (χ3n) is 5.26. The van der Waals surface area contributed by atoms with E-state index in [1.165, 1.54) is 47.4 Å². The van der Waals surface area contributed by atoms with E-state index in [2.05, 4.69) is 73.9 Å². The highest BCUT2D eigenvalue weighted by Gasteiger charge is 2.51. The van der Waals surface area contributed by atoms with Gasteiger partial charge in [-0.1, -0.05) is 57.4 Å². The van der Waals surface area contributed by atoms with Crippen LogP contribution in [0.2, 0.25) is 39.3 Å². The summed E-state index contributed by atoms with van der Waals surface area (Å²) in [7, 11) is -0.157. The number of allylic oxidation sites excluding steroid dienone is 4. The molecule has 21 heavy (non-hydrogen) atoms. The Morgan fingerprint density at radius 1 is 0.571 bits per heavy atom. The molecule has 0 nitrogen and oxygen atoms in total. The molecular formula is C18H36PSi2. The lowest BCUT2D eigenvalue weighted by atomic mass is 10.00. The topological polar surface area (TPSA) is 0 Å². The summed E-state index contributed by atoms with van der Waals surface area (Å²) in [5.41, 5.74) is 5.87. The van der Waals surface area contributed by atoms with Gasteiger partial charge in [-0.05, 0) is 49.4 Å². The van der Waals surface area contributed by atoms with Crippen molar-refractivity contribution in [3.05, 3.63) is 28.2 Å². The third-order valence-corrected chi connectivity index (χ3v) is 17.9. The van der Waals surface area contributed by atoms with Crippen molar-refractivity contribution in [3.8, 4) is 0 Å². The van der Waals surface area contributed by atoms with Crippen molar-refractivity contribution in [3.63, 3.8) is 0 Å². The fourth-order valence-electron chi connectivity index (χ4n) is 3.04. The number of hydrogen-bond donors (Lipinski definition) is 0. The quantitative estimate of drug-likeness (QED) is 0.401. The first-order valence-corrected chi connectivity index (χ1v) is 16.5. The van der Waals surface area contributed by atoms with Crippen molar-refractivity contribution in [2.45, 2.75) is 84.5 Å². The normalized spacial score (nSPS) is 28.1. The number of rotatable bonds is 2. The van der Waals surface area contributed by atoms with Crippen LogP contribution in [0.4, 0.5) is 0 Å². The first-order chi connectivity index (χ1) is 9.28. The molecule has 0 N–H and O–H groups in total. The first-order valence-electron chi connectivity index (χ1n) is 8.24. The van der Waals surface area contributed by atoms with Crippen LogP contribution in [0, 0.1) is 5.92 Å². The van der Waals surface area contributed by atoms with Crippen molar-refractivity contribution in [1.29, 1.82) is 0 Å². The van der Waals surface area contributed by atoms with E-state index in [0.29, 0.717) is 0 Å². The minimum Gasteiger partial charge on any atom is -0.121 e. The molecule has 1 heterocycles. The summed E-state index contributed by atoms with van der Waals surface area (Å²) >= 11 is 0. The van der Waals surface area contributed by atoms with Gasteiger partial charge in [0.2, 0.25) is 0 Å². The Morgan fingerprint density at radius 2 is 0.857 bits per heavy atom. The third kappa shape index (κ3) is 4.66. The van der Waals surface area contributed by atoms with Crippen LogP contribution < -0.4 is 0 Å². The van der Waals surface area contributed by atoms with E-state index in [1.807, 2.05) is 0 Å². The highest BCUT2D eigenvalue weighted by Crippen LogP contribution is 2.57. The van der Waals surface area contributed by atoms with Gasteiger partial charge in [0.05, 0.1) is 16.1 Å². The number of hydrogen-bond acceptors (Lipinski definition) is 0. The molecule has 1 fully saturated rings. The van der Waals surface area contributed by atoms with Gasteiger partial charge in [-0.2, -0.15) is 0 Å². The van der Waals surface area contributed by atoms with Crippen LogP contribution in [0.15, 0.2) is 22.3 Å². The van der Waals surface area contributed by atoms with Crippen LogP contribution in [-0.4, -0.2) is 26.7 Å². The lowest BCUT2D eigenvalue weighted by molar-refractivity contribution is 1.14. The van der Waals surface area contributed by atoms with E-state index >= 15 is 0 Å². The van der Waals surface area contributed by atoms with Gasteiger partial charge in [-0.25, -0.2) is 0 Å². The molecule has 1 unspecified atom stereocenters. The van der Waals surface area contributed by atoms with Crippen LogP contribution in [0.3, 0.4) is 0 Å². The van der Waals surface area contributed by atoms with Crippen molar-refractivity contribution in [2.75, 3.05) is 0 Å². The monoisotopic (exact) mass is 339 g/mol. The highest BCUT2D eigenvalue weighted by atomic mass is 31.1. The predicted octanol–water partition coefficient (Wildman–Crippen LogP) is 6.44. The molecule has 0 spiro atoms. The summed E-state index contributed by atoms with van der Waals surface area (Å²) in [5.74, 6) is 1.47. The molecule has 1 radical (unpaired) electrons. The maximum atomic E-state index is 2.53. The van der Waals surface area contributed by atoms with E-state index in [-0.39, 0.29) is 0 Å². The molecule has 121 valence electrons. The fraction of sp³-hybridized carbons (Fsp3) is 0.722. The molecule has 3 heteroatoms. The van der Waals surface area contributed by atoms with E-state index in [0.717, 1.165) is 0 Å². The zero-order valence-electron chi connectivity index (χ0n) is 16.2. The largest absolute Gasteiger partial charge is 0.121 e. The van der Waals surface area contributed by atoms with Gasteiger partial charge in [0.15, 0.2) is 0 Å².